The number of nitrogens with one attached hydrogen (secondary N) is 1. The van der Waals surface area contributed by atoms with Crippen LogP contribution in [0, 0.1) is 0 Å². The number of fused-ring (bicyclic) bond motifs is 3. The predicted octanol–water partition coefficient (Wildman–Crippen LogP) is 2.19. The number of phenolic OH excluding ortho intramolecular Hbond substituents is 1. The Labute approximate surface area is 377 Å². The van der Waals surface area contributed by atoms with Gasteiger partial charge >= 0.3 is 6.03 Å². The van der Waals surface area contributed by atoms with Gasteiger partial charge in [0.1, 0.15) is 41.8 Å². The molecule has 0 aromatic heterocycles. The summed E-state index contributed by atoms with van der Waals surface area (Å²) in [4.78, 5) is 76.2. The molecule has 0 spiro atoms. The maximum absolute atomic E-state index is 13.6. The number of carbonyl (C=O) groups is 5. The van der Waals surface area contributed by atoms with E-state index in [1.807, 2.05) is 28.0 Å². The van der Waals surface area contributed by atoms with Gasteiger partial charge in [-0.2, -0.15) is 0 Å². The van der Waals surface area contributed by atoms with Gasteiger partial charge in [-0.05, 0) is 61.7 Å². The summed E-state index contributed by atoms with van der Waals surface area (Å²) in [6.07, 6.45) is 4.78. The summed E-state index contributed by atoms with van der Waals surface area (Å²) in [5.74, 6) is -0.919. The highest BCUT2D eigenvalue weighted by atomic mass is 16.5. The molecule has 3 unspecified atom stereocenters. The van der Waals surface area contributed by atoms with Crippen LogP contribution in [0.5, 0.6) is 17.2 Å². The van der Waals surface area contributed by atoms with Gasteiger partial charge in [0.2, 0.25) is 11.8 Å². The van der Waals surface area contributed by atoms with Crippen LogP contribution >= 0.6 is 0 Å². The van der Waals surface area contributed by atoms with Crippen molar-refractivity contribution in [2.24, 2.45) is 17.2 Å². The van der Waals surface area contributed by atoms with E-state index >= 15 is 0 Å². The number of hydrogen-bond donors (Lipinski definition) is 5. The SMILES string of the molecule is NC(N)=C(/C=C(\N)c1ccccc1O)N1CC2CCC(C1)N2c1cccc(OCCN2CCN(C(=O)N3CCC(Oc4cccc5c4C(=O)N(C4CCC(=O)NC4=O)C5=O)CC3)CC2)c1. The molecule has 9 rings (SSSR count). The molecule has 342 valence electrons. The highest BCUT2D eigenvalue weighted by Gasteiger charge is 2.46. The van der Waals surface area contributed by atoms with Crippen LogP contribution < -0.4 is 36.9 Å². The molecule has 5 fully saturated rings. The number of likely N-dealkylation sites (tertiary alicyclic amines) is 2. The molecule has 8 N–H and O–H groups in total. The van der Waals surface area contributed by atoms with E-state index in [2.05, 4.69) is 32.1 Å². The van der Waals surface area contributed by atoms with E-state index in [1.165, 1.54) is 0 Å². The summed E-state index contributed by atoms with van der Waals surface area (Å²) < 4.78 is 12.6. The number of rotatable bonds is 11. The van der Waals surface area contributed by atoms with Gasteiger partial charge in [0.15, 0.2) is 0 Å². The number of phenols is 1. The van der Waals surface area contributed by atoms with E-state index in [0.717, 1.165) is 61.9 Å². The Kier molecular flexibility index (Phi) is 12.2. The van der Waals surface area contributed by atoms with Gasteiger partial charge in [-0.1, -0.05) is 24.3 Å². The number of urea groups is 1. The number of ether oxygens (including phenoxy) is 2. The number of piperidine rings is 2. The van der Waals surface area contributed by atoms with Crippen molar-refractivity contribution in [3.05, 3.63) is 101 Å². The highest BCUT2D eigenvalue weighted by molar-refractivity contribution is 6.24. The normalized spacial score (nSPS) is 22.9. The number of benzene rings is 3. The first kappa shape index (κ1) is 43.3. The Balaban J connectivity index is 0.717. The molecule has 6 aliphatic heterocycles. The van der Waals surface area contributed by atoms with Gasteiger partial charge in [0, 0.05) is 113 Å². The molecule has 6 amide bonds. The lowest BCUT2D eigenvalue weighted by molar-refractivity contribution is -0.136. The largest absolute Gasteiger partial charge is 0.507 e. The standard InChI is InChI=1S/C47H56N10O8/c48-36(34-7-1-2-9-39(34)58)26-38(43(49)50)55-27-30-11-12-31(28-55)56(30)29-5-3-6-33(25-29)64-24-23-52-19-21-54(22-20-52)47(63)53-17-15-32(16-18-53)65-40-10-4-8-35-42(40)46(62)57(45(35)61)37-13-14-41(59)51-44(37)60/h1-10,25-26,30-32,37,58H,11-24,27-28,48-50H2,(H,51,59,60)/b36-26-. The Morgan fingerprint density at radius 1 is 0.785 bits per heavy atom. The van der Waals surface area contributed by atoms with Crippen molar-refractivity contribution < 1.29 is 38.6 Å². The lowest BCUT2D eigenvalue weighted by Gasteiger charge is -2.44. The summed E-state index contributed by atoms with van der Waals surface area (Å²) in [6.45, 7) is 6.37. The first-order valence-corrected chi connectivity index (χ1v) is 22.5. The van der Waals surface area contributed by atoms with Gasteiger partial charge in [0.25, 0.3) is 11.8 Å². The van der Waals surface area contributed by atoms with E-state index in [4.69, 9.17) is 26.7 Å². The molecule has 0 saturated carbocycles. The second kappa shape index (κ2) is 18.3. The second-order valence-corrected chi connectivity index (χ2v) is 17.5. The number of allylic oxidation sites excluding steroid dienone is 1. The lowest BCUT2D eigenvalue weighted by atomic mass is 10.0. The fourth-order valence-corrected chi connectivity index (χ4v) is 10.1. The van der Waals surface area contributed by atoms with Gasteiger partial charge < -0.3 is 51.4 Å². The fraction of sp³-hybridized carbons (Fsp3) is 0.426. The number of nitrogens with two attached hydrogens (primary N) is 3. The number of piperazine rings is 2. The van der Waals surface area contributed by atoms with Crippen LogP contribution in [0.1, 0.15) is 64.8 Å². The number of amides is 6. The third-order valence-electron chi connectivity index (χ3n) is 13.5. The molecule has 2 bridgehead atoms. The maximum Gasteiger partial charge on any atom is 0.320 e. The van der Waals surface area contributed by atoms with Crippen LogP contribution in [-0.4, -0.2) is 149 Å². The number of anilines is 1. The first-order valence-electron chi connectivity index (χ1n) is 22.5. The van der Waals surface area contributed by atoms with Crippen LogP contribution in [0.2, 0.25) is 0 Å². The molecule has 18 nitrogen and oxygen atoms in total. The monoisotopic (exact) mass is 888 g/mol. The van der Waals surface area contributed by atoms with E-state index in [9.17, 15) is 29.1 Å². The van der Waals surface area contributed by atoms with Crippen molar-refractivity contribution in [2.45, 2.75) is 62.8 Å². The maximum atomic E-state index is 13.6. The minimum Gasteiger partial charge on any atom is -0.507 e. The van der Waals surface area contributed by atoms with Gasteiger partial charge in [0.05, 0.1) is 16.8 Å². The number of hydrogen-bond acceptors (Lipinski definition) is 14. The summed E-state index contributed by atoms with van der Waals surface area (Å²) >= 11 is 0. The van der Waals surface area contributed by atoms with Crippen LogP contribution in [0.25, 0.3) is 5.70 Å². The Hall–Kier alpha value is -6.95. The first-order chi connectivity index (χ1) is 31.4. The van der Waals surface area contributed by atoms with E-state index in [0.29, 0.717) is 62.6 Å². The fourth-order valence-electron chi connectivity index (χ4n) is 10.1. The molecule has 18 heteroatoms. The number of imide groups is 2. The molecular formula is C47H56N10O8. The van der Waals surface area contributed by atoms with Crippen molar-refractivity contribution in [1.82, 2.24) is 29.8 Å². The smallest absolute Gasteiger partial charge is 0.320 e. The topological polar surface area (TPSA) is 234 Å². The molecule has 5 saturated heterocycles. The zero-order valence-electron chi connectivity index (χ0n) is 36.3. The lowest BCUT2D eigenvalue weighted by Crippen LogP contribution is -2.55. The number of carbonyl (C=O) groups excluding carboxylic acids is 5. The van der Waals surface area contributed by atoms with Crippen LogP contribution in [0.3, 0.4) is 0 Å². The zero-order chi connectivity index (χ0) is 45.4. The van der Waals surface area contributed by atoms with Crippen LogP contribution in [0.4, 0.5) is 10.5 Å². The molecule has 3 aromatic rings. The minimum absolute atomic E-state index is 0.000895. The van der Waals surface area contributed by atoms with Crippen LogP contribution in [0.15, 0.2) is 84.3 Å². The molecule has 65 heavy (non-hydrogen) atoms. The van der Waals surface area contributed by atoms with Crippen molar-refractivity contribution in [1.29, 1.82) is 0 Å². The highest BCUT2D eigenvalue weighted by Crippen LogP contribution is 2.39. The molecule has 0 aliphatic carbocycles. The van der Waals surface area contributed by atoms with Crippen LogP contribution in [-0.2, 0) is 9.59 Å². The Morgan fingerprint density at radius 2 is 1.49 bits per heavy atom. The number of aromatic hydroxyl groups is 1. The summed E-state index contributed by atoms with van der Waals surface area (Å²) in [7, 11) is 0. The van der Waals surface area contributed by atoms with Gasteiger partial charge in [-0.25, -0.2) is 4.79 Å². The summed E-state index contributed by atoms with van der Waals surface area (Å²) in [5, 5.41) is 12.6. The molecule has 0 radical (unpaired) electrons. The van der Waals surface area contributed by atoms with E-state index in [1.54, 1.807) is 42.5 Å². The zero-order valence-corrected chi connectivity index (χ0v) is 36.3. The average Bonchev–Trinajstić information content (AvgIpc) is 3.72. The third kappa shape index (κ3) is 8.81. The Morgan fingerprint density at radius 3 is 2.20 bits per heavy atom. The predicted molar refractivity (Wildman–Crippen MR) is 240 cm³/mol. The average molecular weight is 889 g/mol. The second-order valence-electron chi connectivity index (χ2n) is 17.5. The van der Waals surface area contributed by atoms with Crippen molar-refractivity contribution >= 4 is 41.0 Å². The summed E-state index contributed by atoms with van der Waals surface area (Å²) in [5.41, 5.74) is 21.8. The number of para-hydroxylation sites is 1. The quantitative estimate of drug-likeness (QED) is 0.137. The Bertz CT molecular complexity index is 2410. The number of nitrogens with zero attached hydrogens (tertiary/aromatic N) is 6. The summed E-state index contributed by atoms with van der Waals surface area (Å²) in [6, 6.07) is 19.5. The van der Waals surface area contributed by atoms with Crippen molar-refractivity contribution in [2.75, 3.05) is 70.4 Å². The minimum atomic E-state index is -1.05. The van der Waals surface area contributed by atoms with Crippen molar-refractivity contribution in [3.8, 4) is 17.2 Å². The van der Waals surface area contributed by atoms with Gasteiger partial charge in [-0.15, -0.1) is 0 Å². The van der Waals surface area contributed by atoms with E-state index < -0.39 is 29.7 Å². The molecule has 3 atom stereocenters. The molecule has 6 aliphatic rings. The molecular weight excluding hydrogens is 833 g/mol. The van der Waals surface area contributed by atoms with E-state index in [-0.39, 0.29) is 65.5 Å². The van der Waals surface area contributed by atoms with Gasteiger partial charge in [-0.3, -0.25) is 34.3 Å². The van der Waals surface area contributed by atoms with Crippen molar-refractivity contribution in [3.63, 3.8) is 0 Å². The molecule has 6 heterocycles. The third-order valence-corrected chi connectivity index (χ3v) is 13.5. The molecule has 3 aromatic carbocycles.